The van der Waals surface area contributed by atoms with E-state index < -0.39 is 31.6 Å². The Hall–Kier alpha value is -6.72. The lowest BCUT2D eigenvalue weighted by atomic mass is 9.59. The van der Waals surface area contributed by atoms with Gasteiger partial charge < -0.3 is 29.6 Å². The number of benzene rings is 3. The molecule has 1 unspecified atom stereocenters. The van der Waals surface area contributed by atoms with E-state index in [-0.39, 0.29) is 36.4 Å². The quantitative estimate of drug-likeness (QED) is 0.0828. The van der Waals surface area contributed by atoms with Crippen LogP contribution >= 0.6 is 0 Å². The first-order chi connectivity index (χ1) is 33.5. The van der Waals surface area contributed by atoms with E-state index in [1.54, 1.807) is 23.4 Å². The number of pyridine rings is 2. The molecule has 2 saturated carbocycles. The molecule has 4 fully saturated rings. The molecule has 3 aromatic carbocycles. The lowest BCUT2D eigenvalue weighted by Gasteiger charge is -2.56. The van der Waals surface area contributed by atoms with Crippen molar-refractivity contribution in [2.24, 2.45) is 5.41 Å². The van der Waals surface area contributed by atoms with Crippen LogP contribution in [0.2, 0.25) is 0 Å². The second kappa shape index (κ2) is 17.1. The Morgan fingerprint density at radius 3 is 2.52 bits per heavy atom. The Kier molecular flexibility index (Phi) is 10.8. The van der Waals surface area contributed by atoms with Gasteiger partial charge >= 0.3 is 5.69 Å². The lowest BCUT2D eigenvalue weighted by molar-refractivity contribution is -0.384. The van der Waals surface area contributed by atoms with E-state index in [2.05, 4.69) is 54.1 Å². The standard InChI is InChI=1S/C52H55N9O7S/c1-32-6-4-7-33(24-32)25-36-31-68-51-47(54-36)44(61(63)64)28-46(55-51)69(65,66)57-49(62)41-14-13-37(27-43(41)60-22-23-67-50-45(60)26-35-15-18-53-48(35)56-50)58-20-16-52(17-21-58)29-38(30-52)59-19-5-10-42(59)40-9-3-2-8-39(40)34-11-12-34/h2-4,6-9,13-15,18,24,26-28,34,36,38,42,54H,5,10-12,16-17,19-23,25,29-31H2,1H3,(H,53,56)(H,57,62)/t36-,42?/m0/s1. The summed E-state index contributed by atoms with van der Waals surface area (Å²) < 4.78 is 42.3. The summed E-state index contributed by atoms with van der Waals surface area (Å²) in [5.74, 6) is -0.0236. The van der Waals surface area contributed by atoms with Crippen LogP contribution < -0.4 is 29.3 Å². The van der Waals surface area contributed by atoms with Crippen LogP contribution in [0.25, 0.3) is 11.0 Å². The van der Waals surface area contributed by atoms with Crippen LogP contribution in [0.15, 0.2) is 96.2 Å². The topological polar surface area (TPSA) is 188 Å². The molecule has 6 aliphatic rings. The SMILES string of the molecule is Cc1cccc(C[C@H]2COc3nc(S(=O)(=O)NC(=O)c4ccc(N5CCC6(CC5)CC(N5CCCC5c5ccccc5C5CC5)C6)cc4N4CCOc5nc6[nH]ccc6cc54)cc([N+](=O)[O-])c3N2)c1. The second-order valence-electron chi connectivity index (χ2n) is 20.0. The molecule has 1 amide bonds. The summed E-state index contributed by atoms with van der Waals surface area (Å²) in [6.45, 7) is 5.60. The van der Waals surface area contributed by atoms with Gasteiger partial charge in [-0.1, -0.05) is 54.1 Å². The van der Waals surface area contributed by atoms with Crippen molar-refractivity contribution in [1.29, 1.82) is 0 Å². The lowest BCUT2D eigenvalue weighted by Crippen LogP contribution is -2.55. The molecule has 2 aliphatic carbocycles. The van der Waals surface area contributed by atoms with Crippen molar-refractivity contribution in [1.82, 2.24) is 24.6 Å². The summed E-state index contributed by atoms with van der Waals surface area (Å²) in [4.78, 5) is 45.4. The van der Waals surface area contributed by atoms with Crippen molar-refractivity contribution in [2.45, 2.75) is 93.8 Å². The third-order valence-electron chi connectivity index (χ3n) is 15.5. The molecule has 69 heavy (non-hydrogen) atoms. The number of aryl methyl sites for hydroxylation is 1. The van der Waals surface area contributed by atoms with Gasteiger partial charge in [-0.25, -0.2) is 4.72 Å². The van der Waals surface area contributed by atoms with Gasteiger partial charge in [0.15, 0.2) is 10.7 Å². The van der Waals surface area contributed by atoms with E-state index in [1.165, 1.54) is 45.1 Å². The van der Waals surface area contributed by atoms with Gasteiger partial charge in [0.1, 0.15) is 24.5 Å². The number of piperidine rings is 1. The summed E-state index contributed by atoms with van der Waals surface area (Å²) in [7, 11) is -4.76. The molecule has 2 saturated heterocycles. The molecule has 6 aromatic rings. The van der Waals surface area contributed by atoms with E-state index in [9.17, 15) is 23.3 Å². The average molecular weight is 950 g/mol. The maximum atomic E-state index is 14.5. The van der Waals surface area contributed by atoms with Crippen molar-refractivity contribution in [3.8, 4) is 11.8 Å². The molecule has 1 spiro atoms. The first-order valence-electron chi connectivity index (χ1n) is 24.3. The number of aromatic amines is 1. The molecule has 3 aromatic heterocycles. The number of likely N-dealkylation sites (tertiary alicyclic amines) is 1. The molecule has 12 rings (SSSR count). The number of carbonyl (C=O) groups is 1. The normalized spacial score (nSPS) is 21.2. The van der Waals surface area contributed by atoms with Gasteiger partial charge in [-0.05, 0) is 130 Å². The molecule has 16 nitrogen and oxygen atoms in total. The number of nitro groups is 1. The van der Waals surface area contributed by atoms with E-state index in [0.29, 0.717) is 53.4 Å². The monoisotopic (exact) mass is 949 g/mol. The number of amides is 1. The summed E-state index contributed by atoms with van der Waals surface area (Å²) >= 11 is 0. The Labute approximate surface area is 400 Å². The fourth-order valence-corrected chi connectivity index (χ4v) is 12.8. The van der Waals surface area contributed by atoms with Crippen molar-refractivity contribution >= 4 is 55.4 Å². The van der Waals surface area contributed by atoms with Crippen molar-refractivity contribution < 1.29 is 27.6 Å². The molecular weight excluding hydrogens is 895 g/mol. The minimum Gasteiger partial charge on any atom is -0.474 e. The Morgan fingerprint density at radius 1 is 0.899 bits per heavy atom. The number of sulfonamides is 1. The first kappa shape index (κ1) is 43.6. The smallest absolute Gasteiger partial charge is 0.300 e. The minimum absolute atomic E-state index is 0.0190. The van der Waals surface area contributed by atoms with Crippen LogP contribution in [-0.2, 0) is 16.4 Å². The number of ether oxygens (including phenoxy) is 2. The molecule has 0 bridgehead atoms. The van der Waals surface area contributed by atoms with Gasteiger partial charge in [0.05, 0.1) is 34.8 Å². The average Bonchev–Trinajstić information content (AvgIpc) is 3.89. The summed E-state index contributed by atoms with van der Waals surface area (Å²) in [6, 6.07) is 28.1. The number of hydrogen-bond acceptors (Lipinski definition) is 13. The van der Waals surface area contributed by atoms with E-state index in [1.807, 2.05) is 60.4 Å². The number of hydrogen-bond donors (Lipinski definition) is 3. The molecule has 7 heterocycles. The van der Waals surface area contributed by atoms with Gasteiger partial charge in [-0.2, -0.15) is 18.4 Å². The van der Waals surface area contributed by atoms with Gasteiger partial charge in [-0.3, -0.25) is 19.8 Å². The summed E-state index contributed by atoms with van der Waals surface area (Å²) in [5, 5.41) is 15.7. The van der Waals surface area contributed by atoms with Gasteiger partial charge in [0, 0.05) is 42.4 Å². The fourth-order valence-electron chi connectivity index (χ4n) is 11.8. The van der Waals surface area contributed by atoms with Gasteiger partial charge in [0.25, 0.3) is 15.9 Å². The molecule has 3 N–H and O–H groups in total. The third kappa shape index (κ3) is 8.18. The number of nitrogens with zero attached hydrogens (tertiary/aromatic N) is 6. The Bertz CT molecular complexity index is 3120. The third-order valence-corrected chi connectivity index (χ3v) is 16.7. The highest BCUT2D eigenvalue weighted by Gasteiger charge is 2.50. The summed E-state index contributed by atoms with van der Waals surface area (Å²) in [5.41, 5.74) is 7.77. The molecular formula is C52H55N9O7S. The fraction of sp³-hybridized carbons (Fsp3) is 0.404. The molecule has 17 heteroatoms. The maximum absolute atomic E-state index is 14.5. The highest BCUT2D eigenvalue weighted by molar-refractivity contribution is 7.90. The summed E-state index contributed by atoms with van der Waals surface area (Å²) in [6.07, 6.45) is 12.0. The van der Waals surface area contributed by atoms with Gasteiger partial charge in [-0.15, -0.1) is 0 Å². The molecule has 2 atom stereocenters. The number of aromatic nitrogens is 3. The molecule has 0 radical (unpaired) electrons. The van der Waals surface area contributed by atoms with E-state index >= 15 is 0 Å². The zero-order chi connectivity index (χ0) is 47.0. The Morgan fingerprint density at radius 2 is 1.72 bits per heavy atom. The minimum atomic E-state index is -4.76. The predicted octanol–water partition coefficient (Wildman–Crippen LogP) is 8.70. The largest absolute Gasteiger partial charge is 0.474 e. The van der Waals surface area contributed by atoms with Crippen molar-refractivity contribution in [2.75, 3.05) is 54.5 Å². The predicted molar refractivity (Wildman–Crippen MR) is 262 cm³/mol. The van der Waals surface area contributed by atoms with Crippen LogP contribution in [0.1, 0.15) is 95.9 Å². The number of carbonyl (C=O) groups excluding carboxylic acids is 1. The van der Waals surface area contributed by atoms with Crippen LogP contribution in [-0.4, -0.2) is 90.6 Å². The van der Waals surface area contributed by atoms with Crippen molar-refractivity contribution in [3.05, 3.63) is 129 Å². The molecule has 4 aliphatic heterocycles. The second-order valence-corrected chi connectivity index (χ2v) is 21.6. The number of nitrogens with one attached hydrogen (secondary N) is 3. The van der Waals surface area contributed by atoms with E-state index in [4.69, 9.17) is 14.5 Å². The zero-order valence-corrected chi connectivity index (χ0v) is 39.3. The Balaban J connectivity index is 0.794. The number of fused-ring (bicyclic) bond motifs is 3. The highest BCUT2D eigenvalue weighted by atomic mass is 32.2. The number of anilines is 4. The van der Waals surface area contributed by atoms with Crippen LogP contribution in [0.4, 0.5) is 28.4 Å². The first-order valence-corrected chi connectivity index (χ1v) is 25.8. The van der Waals surface area contributed by atoms with Crippen molar-refractivity contribution in [3.63, 3.8) is 0 Å². The maximum Gasteiger partial charge on any atom is 0.300 e. The van der Waals surface area contributed by atoms with Crippen LogP contribution in [0.3, 0.4) is 0 Å². The molecule has 356 valence electrons. The van der Waals surface area contributed by atoms with Crippen LogP contribution in [0, 0.1) is 22.5 Å². The van der Waals surface area contributed by atoms with Crippen LogP contribution in [0.5, 0.6) is 11.8 Å². The van der Waals surface area contributed by atoms with E-state index in [0.717, 1.165) is 60.1 Å². The zero-order valence-electron chi connectivity index (χ0n) is 38.5. The number of rotatable bonds is 11. The number of H-pyrrole nitrogens is 1. The highest BCUT2D eigenvalue weighted by Crippen LogP contribution is 2.55. The van der Waals surface area contributed by atoms with Gasteiger partial charge in [0.2, 0.25) is 11.8 Å².